The van der Waals surface area contributed by atoms with E-state index >= 15 is 0 Å². The highest BCUT2D eigenvalue weighted by molar-refractivity contribution is 6.00. The molecule has 1 aromatic carbocycles. The second-order valence-corrected chi connectivity index (χ2v) is 3.78. The van der Waals surface area contributed by atoms with Crippen LogP contribution >= 0.6 is 0 Å². The molecule has 0 spiro atoms. The van der Waals surface area contributed by atoms with Crippen molar-refractivity contribution in [3.63, 3.8) is 0 Å². The number of hydrogen-bond acceptors (Lipinski definition) is 3. The SMILES string of the molecule is COc1ccccc1C(=O)CNC1CC1. The van der Waals surface area contributed by atoms with E-state index in [0.29, 0.717) is 23.9 Å². The fourth-order valence-corrected chi connectivity index (χ4v) is 1.49. The van der Waals surface area contributed by atoms with Crippen molar-refractivity contribution in [1.29, 1.82) is 0 Å². The summed E-state index contributed by atoms with van der Waals surface area (Å²) in [5.74, 6) is 0.749. The van der Waals surface area contributed by atoms with Crippen LogP contribution in [0.4, 0.5) is 0 Å². The van der Waals surface area contributed by atoms with Crippen molar-refractivity contribution < 1.29 is 9.53 Å². The van der Waals surface area contributed by atoms with Crippen LogP contribution in [0.5, 0.6) is 5.75 Å². The van der Waals surface area contributed by atoms with Crippen LogP contribution in [-0.2, 0) is 0 Å². The molecule has 80 valence electrons. The van der Waals surface area contributed by atoms with Crippen LogP contribution in [0.15, 0.2) is 24.3 Å². The quantitative estimate of drug-likeness (QED) is 0.742. The van der Waals surface area contributed by atoms with Gasteiger partial charge in [-0.2, -0.15) is 0 Å². The summed E-state index contributed by atoms with van der Waals surface area (Å²) >= 11 is 0. The van der Waals surface area contributed by atoms with E-state index in [1.165, 1.54) is 12.8 Å². The highest BCUT2D eigenvalue weighted by Crippen LogP contribution is 2.20. The van der Waals surface area contributed by atoms with Crippen molar-refractivity contribution in [2.45, 2.75) is 18.9 Å². The number of carbonyl (C=O) groups excluding carboxylic acids is 1. The van der Waals surface area contributed by atoms with Gasteiger partial charge in [-0.1, -0.05) is 12.1 Å². The van der Waals surface area contributed by atoms with Crippen molar-refractivity contribution in [2.75, 3.05) is 13.7 Å². The molecule has 0 saturated heterocycles. The molecular formula is C12H15NO2. The molecule has 1 saturated carbocycles. The Bertz CT molecular complexity index is 358. The number of Topliss-reactive ketones (excluding diaryl/α,β-unsaturated/α-hetero) is 1. The Hall–Kier alpha value is -1.35. The van der Waals surface area contributed by atoms with Gasteiger partial charge in [0.2, 0.25) is 0 Å². The monoisotopic (exact) mass is 205 g/mol. The van der Waals surface area contributed by atoms with Crippen molar-refractivity contribution in [1.82, 2.24) is 5.32 Å². The number of para-hydroxylation sites is 1. The molecule has 0 amide bonds. The van der Waals surface area contributed by atoms with Crippen LogP contribution in [0.1, 0.15) is 23.2 Å². The summed E-state index contributed by atoms with van der Waals surface area (Å²) in [5.41, 5.74) is 0.660. The van der Waals surface area contributed by atoms with E-state index in [-0.39, 0.29) is 5.78 Å². The smallest absolute Gasteiger partial charge is 0.180 e. The van der Waals surface area contributed by atoms with E-state index in [4.69, 9.17) is 4.74 Å². The topological polar surface area (TPSA) is 38.3 Å². The number of rotatable bonds is 5. The van der Waals surface area contributed by atoms with Crippen LogP contribution < -0.4 is 10.1 Å². The fourth-order valence-electron chi connectivity index (χ4n) is 1.49. The minimum atomic E-state index is 0.0966. The maximum Gasteiger partial charge on any atom is 0.180 e. The molecular weight excluding hydrogens is 190 g/mol. The largest absolute Gasteiger partial charge is 0.496 e. The number of nitrogens with one attached hydrogen (secondary N) is 1. The number of carbonyl (C=O) groups is 1. The molecule has 1 aliphatic rings. The van der Waals surface area contributed by atoms with E-state index in [1.807, 2.05) is 18.2 Å². The molecule has 0 aliphatic heterocycles. The van der Waals surface area contributed by atoms with Crippen molar-refractivity contribution in [2.24, 2.45) is 0 Å². The molecule has 0 heterocycles. The minimum absolute atomic E-state index is 0.0966. The van der Waals surface area contributed by atoms with E-state index in [9.17, 15) is 4.79 Å². The van der Waals surface area contributed by atoms with Crippen LogP contribution in [0.25, 0.3) is 0 Å². The summed E-state index contributed by atoms with van der Waals surface area (Å²) in [6, 6.07) is 7.89. The number of benzene rings is 1. The molecule has 0 aromatic heterocycles. The first-order valence-electron chi connectivity index (χ1n) is 5.21. The molecule has 1 aromatic rings. The molecule has 15 heavy (non-hydrogen) atoms. The molecule has 3 heteroatoms. The van der Waals surface area contributed by atoms with Crippen molar-refractivity contribution in [3.8, 4) is 5.75 Å². The first kappa shape index (κ1) is 10.2. The highest BCUT2D eigenvalue weighted by Gasteiger charge is 2.22. The first-order valence-corrected chi connectivity index (χ1v) is 5.21. The predicted molar refractivity (Wildman–Crippen MR) is 58.3 cm³/mol. The lowest BCUT2D eigenvalue weighted by molar-refractivity contribution is 0.0987. The third-order valence-electron chi connectivity index (χ3n) is 2.54. The van der Waals surface area contributed by atoms with Gasteiger partial charge >= 0.3 is 0 Å². The summed E-state index contributed by atoms with van der Waals surface area (Å²) in [6.45, 7) is 0.408. The lowest BCUT2D eigenvalue weighted by Gasteiger charge is -2.07. The van der Waals surface area contributed by atoms with Gasteiger partial charge in [0, 0.05) is 6.04 Å². The van der Waals surface area contributed by atoms with Crippen LogP contribution in [-0.4, -0.2) is 25.5 Å². The highest BCUT2D eigenvalue weighted by atomic mass is 16.5. The zero-order valence-electron chi connectivity index (χ0n) is 8.82. The van der Waals surface area contributed by atoms with Gasteiger partial charge in [0.15, 0.2) is 5.78 Å². The zero-order chi connectivity index (χ0) is 10.7. The van der Waals surface area contributed by atoms with Gasteiger partial charge in [-0.3, -0.25) is 4.79 Å². The fraction of sp³-hybridized carbons (Fsp3) is 0.417. The Morgan fingerprint density at radius 2 is 2.20 bits per heavy atom. The van der Waals surface area contributed by atoms with Gasteiger partial charge in [-0.15, -0.1) is 0 Å². The molecule has 3 nitrogen and oxygen atoms in total. The van der Waals surface area contributed by atoms with Crippen molar-refractivity contribution in [3.05, 3.63) is 29.8 Å². The standard InChI is InChI=1S/C12H15NO2/c1-15-12-5-3-2-4-10(12)11(14)8-13-9-6-7-9/h2-5,9,13H,6-8H2,1H3. The number of methoxy groups -OCH3 is 1. The van der Waals surface area contributed by atoms with Crippen LogP contribution in [0.2, 0.25) is 0 Å². The Labute approximate surface area is 89.4 Å². The summed E-state index contributed by atoms with van der Waals surface area (Å²) in [7, 11) is 1.58. The number of ether oxygens (including phenoxy) is 1. The summed E-state index contributed by atoms with van der Waals surface area (Å²) < 4.78 is 5.14. The average molecular weight is 205 g/mol. The van der Waals surface area contributed by atoms with Gasteiger partial charge in [0.1, 0.15) is 5.75 Å². The maximum atomic E-state index is 11.8. The molecule has 1 N–H and O–H groups in total. The van der Waals surface area contributed by atoms with E-state index in [0.717, 1.165) is 0 Å². The lowest BCUT2D eigenvalue weighted by atomic mass is 10.1. The van der Waals surface area contributed by atoms with Gasteiger partial charge in [-0.25, -0.2) is 0 Å². The molecule has 1 fully saturated rings. The third-order valence-corrected chi connectivity index (χ3v) is 2.54. The number of hydrogen-bond donors (Lipinski definition) is 1. The molecule has 0 atom stereocenters. The lowest BCUT2D eigenvalue weighted by Crippen LogP contribution is -2.25. The Morgan fingerprint density at radius 3 is 2.87 bits per heavy atom. The summed E-state index contributed by atoms with van der Waals surface area (Å²) in [5, 5.41) is 3.20. The summed E-state index contributed by atoms with van der Waals surface area (Å²) in [4.78, 5) is 11.8. The maximum absolute atomic E-state index is 11.8. The van der Waals surface area contributed by atoms with Gasteiger partial charge < -0.3 is 10.1 Å². The second-order valence-electron chi connectivity index (χ2n) is 3.78. The van der Waals surface area contributed by atoms with Crippen LogP contribution in [0, 0.1) is 0 Å². The van der Waals surface area contributed by atoms with E-state index < -0.39 is 0 Å². The Balaban J connectivity index is 2.02. The third kappa shape index (κ3) is 2.57. The summed E-state index contributed by atoms with van der Waals surface area (Å²) in [6.07, 6.45) is 2.39. The minimum Gasteiger partial charge on any atom is -0.496 e. The average Bonchev–Trinajstić information content (AvgIpc) is 3.09. The first-order chi connectivity index (χ1) is 7.31. The molecule has 0 unspecified atom stereocenters. The van der Waals surface area contributed by atoms with E-state index in [2.05, 4.69) is 5.32 Å². The normalized spacial score (nSPS) is 15.0. The molecule has 2 rings (SSSR count). The Kier molecular flexibility index (Phi) is 3.02. The predicted octanol–water partition coefficient (Wildman–Crippen LogP) is 1.63. The zero-order valence-corrected chi connectivity index (χ0v) is 8.82. The van der Waals surface area contributed by atoms with Crippen molar-refractivity contribution >= 4 is 5.78 Å². The van der Waals surface area contributed by atoms with E-state index in [1.54, 1.807) is 13.2 Å². The Morgan fingerprint density at radius 1 is 1.47 bits per heavy atom. The van der Waals surface area contributed by atoms with Gasteiger partial charge in [0.25, 0.3) is 0 Å². The molecule has 0 radical (unpaired) electrons. The van der Waals surface area contributed by atoms with Gasteiger partial charge in [-0.05, 0) is 25.0 Å². The molecule has 1 aliphatic carbocycles. The number of ketones is 1. The van der Waals surface area contributed by atoms with Crippen LogP contribution in [0.3, 0.4) is 0 Å². The second kappa shape index (κ2) is 4.45. The molecule has 0 bridgehead atoms. The van der Waals surface area contributed by atoms with Gasteiger partial charge in [0.05, 0.1) is 19.2 Å².